The summed E-state index contributed by atoms with van der Waals surface area (Å²) in [7, 11) is 3.09. The Balaban J connectivity index is 1.93. The average molecular weight is 392 g/mol. The van der Waals surface area contributed by atoms with Crippen LogP contribution in [0.2, 0.25) is 0 Å². The third kappa shape index (κ3) is 5.63. The van der Waals surface area contributed by atoms with Gasteiger partial charge >= 0.3 is 18.0 Å². The fourth-order valence-electron chi connectivity index (χ4n) is 2.58. The zero-order valence-electron chi connectivity index (χ0n) is 16.1. The fourth-order valence-corrected chi connectivity index (χ4v) is 2.58. The van der Waals surface area contributed by atoms with Crippen molar-refractivity contribution in [3.05, 3.63) is 35.0 Å². The second-order valence-electron chi connectivity index (χ2n) is 5.84. The van der Waals surface area contributed by atoms with Crippen molar-refractivity contribution in [2.75, 3.05) is 34.0 Å². The van der Waals surface area contributed by atoms with Crippen molar-refractivity contribution in [2.24, 2.45) is 0 Å². The Bertz CT molecular complexity index is 774. The second kappa shape index (κ2) is 10.2. The van der Waals surface area contributed by atoms with Gasteiger partial charge < -0.3 is 29.6 Å². The predicted molar refractivity (Wildman–Crippen MR) is 99.0 cm³/mol. The maximum atomic E-state index is 12.1. The first kappa shape index (κ1) is 21.1. The van der Waals surface area contributed by atoms with E-state index in [9.17, 15) is 14.4 Å². The Morgan fingerprint density at radius 1 is 1.11 bits per heavy atom. The molecule has 1 aliphatic rings. The first-order chi connectivity index (χ1) is 13.5. The molecule has 0 saturated heterocycles. The topological polar surface area (TPSA) is 112 Å². The maximum Gasteiger partial charge on any atom is 0.337 e. The molecule has 9 heteroatoms. The summed E-state index contributed by atoms with van der Waals surface area (Å²) in [5.41, 5.74) is 1.34. The Morgan fingerprint density at radius 3 is 2.54 bits per heavy atom. The lowest BCUT2D eigenvalue weighted by atomic mass is 10.1. The molecule has 0 fully saturated rings. The van der Waals surface area contributed by atoms with E-state index in [0.717, 1.165) is 5.56 Å². The summed E-state index contributed by atoms with van der Waals surface area (Å²) in [4.78, 5) is 35.5. The van der Waals surface area contributed by atoms with Gasteiger partial charge in [-0.3, -0.25) is 4.79 Å². The molecule has 1 heterocycles. The van der Waals surface area contributed by atoms with Crippen molar-refractivity contribution in [3.63, 3.8) is 0 Å². The van der Waals surface area contributed by atoms with Crippen LogP contribution < -0.4 is 20.1 Å². The zero-order chi connectivity index (χ0) is 20.5. The summed E-state index contributed by atoms with van der Waals surface area (Å²) in [6.45, 7) is 1.69. The normalized spacial score (nSPS) is 13.3. The number of ether oxygens (including phenoxy) is 4. The minimum absolute atomic E-state index is 0.0171. The molecule has 0 radical (unpaired) electrons. The van der Waals surface area contributed by atoms with Gasteiger partial charge in [0.15, 0.2) is 11.5 Å². The molecule has 2 rings (SSSR count). The molecule has 0 saturated carbocycles. The molecule has 9 nitrogen and oxygen atoms in total. The third-order valence-electron chi connectivity index (χ3n) is 4.02. The van der Waals surface area contributed by atoms with E-state index < -0.39 is 18.0 Å². The van der Waals surface area contributed by atoms with Crippen LogP contribution in [0.4, 0.5) is 4.79 Å². The highest BCUT2D eigenvalue weighted by Gasteiger charge is 2.24. The molecule has 0 aromatic heterocycles. The van der Waals surface area contributed by atoms with Crippen molar-refractivity contribution in [3.8, 4) is 11.5 Å². The van der Waals surface area contributed by atoms with Gasteiger partial charge in [0.25, 0.3) is 0 Å². The number of carbonyl (C=O) groups excluding carboxylic acids is 3. The number of carbonyl (C=O) groups is 3. The van der Waals surface area contributed by atoms with Gasteiger partial charge in [-0.05, 0) is 31.0 Å². The minimum Gasteiger partial charge on any atom is -0.493 e. The van der Waals surface area contributed by atoms with Crippen LogP contribution in [0.5, 0.6) is 11.5 Å². The van der Waals surface area contributed by atoms with E-state index in [1.165, 1.54) is 7.11 Å². The molecular formula is C19H24N2O7. The molecule has 152 valence electrons. The van der Waals surface area contributed by atoms with Gasteiger partial charge in [-0.1, -0.05) is 6.07 Å². The van der Waals surface area contributed by atoms with Crippen molar-refractivity contribution < 1.29 is 33.3 Å². The number of hydrogen-bond acceptors (Lipinski definition) is 7. The Morgan fingerprint density at radius 2 is 1.86 bits per heavy atom. The summed E-state index contributed by atoms with van der Waals surface area (Å²) < 4.78 is 20.6. The first-order valence-electron chi connectivity index (χ1n) is 8.79. The number of methoxy groups -OCH3 is 2. The maximum absolute atomic E-state index is 12.1. The number of esters is 2. The van der Waals surface area contributed by atoms with E-state index in [1.807, 2.05) is 6.07 Å². The Kier molecular flexibility index (Phi) is 7.67. The number of rotatable bonds is 9. The molecule has 0 aliphatic carbocycles. The molecular weight excluding hydrogens is 368 g/mol. The van der Waals surface area contributed by atoms with Gasteiger partial charge in [-0.15, -0.1) is 0 Å². The van der Waals surface area contributed by atoms with E-state index >= 15 is 0 Å². The quantitative estimate of drug-likeness (QED) is 0.609. The molecule has 1 aromatic rings. The standard InChI is InChI=1S/C19H24N2O7/c1-4-27-18(23)13-10-20-19(24)21-14(13)11-28-17(22)8-6-12-5-7-15(25-2)16(9-12)26-3/h5,7,9H,4,6,8,10-11H2,1-3H3,(H2,20,21,24). The highest BCUT2D eigenvalue weighted by atomic mass is 16.5. The second-order valence-corrected chi connectivity index (χ2v) is 5.84. The van der Waals surface area contributed by atoms with Crippen molar-refractivity contribution >= 4 is 18.0 Å². The fraction of sp³-hybridized carbons (Fsp3) is 0.421. The number of aryl methyl sites for hydroxylation is 1. The highest BCUT2D eigenvalue weighted by Crippen LogP contribution is 2.28. The van der Waals surface area contributed by atoms with Gasteiger partial charge in [-0.25, -0.2) is 9.59 Å². The van der Waals surface area contributed by atoms with E-state index in [2.05, 4.69) is 10.6 Å². The van der Waals surface area contributed by atoms with Crippen LogP contribution in [0, 0.1) is 0 Å². The van der Waals surface area contributed by atoms with Crippen LogP contribution in [-0.2, 0) is 25.5 Å². The lowest BCUT2D eigenvalue weighted by molar-refractivity contribution is -0.143. The largest absolute Gasteiger partial charge is 0.493 e. The number of nitrogens with one attached hydrogen (secondary N) is 2. The predicted octanol–water partition coefficient (Wildman–Crippen LogP) is 1.31. The van der Waals surface area contributed by atoms with Crippen LogP contribution in [0.15, 0.2) is 29.5 Å². The Hall–Kier alpha value is -3.23. The lowest BCUT2D eigenvalue weighted by Gasteiger charge is -2.21. The molecule has 2 amide bonds. The molecule has 0 unspecified atom stereocenters. The van der Waals surface area contributed by atoms with E-state index in [1.54, 1.807) is 26.2 Å². The summed E-state index contributed by atoms with van der Waals surface area (Å²) in [5, 5.41) is 4.97. The van der Waals surface area contributed by atoms with E-state index in [-0.39, 0.29) is 37.4 Å². The van der Waals surface area contributed by atoms with Crippen LogP contribution >= 0.6 is 0 Å². The molecule has 28 heavy (non-hydrogen) atoms. The lowest BCUT2D eigenvalue weighted by Crippen LogP contribution is -2.45. The van der Waals surface area contributed by atoms with Crippen molar-refractivity contribution in [1.82, 2.24) is 10.6 Å². The van der Waals surface area contributed by atoms with E-state index in [4.69, 9.17) is 18.9 Å². The monoisotopic (exact) mass is 392 g/mol. The average Bonchev–Trinajstić information content (AvgIpc) is 2.70. The number of amides is 2. The highest BCUT2D eigenvalue weighted by molar-refractivity contribution is 5.93. The molecule has 0 spiro atoms. The molecule has 1 aromatic carbocycles. The summed E-state index contributed by atoms with van der Waals surface area (Å²) in [6.07, 6.45) is 0.570. The van der Waals surface area contributed by atoms with Gasteiger partial charge in [0.1, 0.15) is 6.61 Å². The Labute approximate surface area is 163 Å². The van der Waals surface area contributed by atoms with Crippen LogP contribution in [-0.4, -0.2) is 51.9 Å². The summed E-state index contributed by atoms with van der Waals surface area (Å²) in [5.74, 6) is 0.161. The smallest absolute Gasteiger partial charge is 0.337 e. The first-order valence-corrected chi connectivity index (χ1v) is 8.79. The number of urea groups is 1. The van der Waals surface area contributed by atoms with Crippen LogP contribution in [0.1, 0.15) is 18.9 Å². The number of hydrogen-bond donors (Lipinski definition) is 2. The van der Waals surface area contributed by atoms with Gasteiger partial charge in [0.2, 0.25) is 0 Å². The number of benzene rings is 1. The molecule has 2 N–H and O–H groups in total. The molecule has 0 atom stereocenters. The van der Waals surface area contributed by atoms with Gasteiger partial charge in [-0.2, -0.15) is 0 Å². The SMILES string of the molecule is CCOC(=O)C1=C(COC(=O)CCc2ccc(OC)c(OC)c2)NC(=O)NC1. The van der Waals surface area contributed by atoms with Crippen molar-refractivity contribution in [1.29, 1.82) is 0 Å². The summed E-state index contributed by atoms with van der Waals surface area (Å²) >= 11 is 0. The zero-order valence-corrected chi connectivity index (χ0v) is 16.1. The molecule has 0 bridgehead atoms. The minimum atomic E-state index is -0.564. The summed E-state index contributed by atoms with van der Waals surface area (Å²) in [6, 6.07) is 4.92. The molecule has 1 aliphatic heterocycles. The van der Waals surface area contributed by atoms with Crippen molar-refractivity contribution in [2.45, 2.75) is 19.8 Å². The van der Waals surface area contributed by atoms with Crippen LogP contribution in [0.3, 0.4) is 0 Å². The van der Waals surface area contributed by atoms with Crippen LogP contribution in [0.25, 0.3) is 0 Å². The third-order valence-corrected chi connectivity index (χ3v) is 4.02. The van der Waals surface area contributed by atoms with E-state index in [0.29, 0.717) is 17.9 Å². The van der Waals surface area contributed by atoms with Gasteiger partial charge in [0, 0.05) is 6.42 Å². The van der Waals surface area contributed by atoms with Gasteiger partial charge in [0.05, 0.1) is 38.6 Å².